The first kappa shape index (κ1) is 12.5. The van der Waals surface area contributed by atoms with Crippen LogP contribution in [0, 0.1) is 11.3 Å². The Hall–Kier alpha value is -2.54. The predicted molar refractivity (Wildman–Crippen MR) is 79.7 cm³/mol. The molecule has 0 fully saturated rings. The molecule has 1 aromatic carbocycles. The minimum Gasteiger partial charge on any atom is -0.396 e. The highest BCUT2D eigenvalue weighted by Gasteiger charge is 2.13. The first-order chi connectivity index (χ1) is 9.78. The van der Waals surface area contributed by atoms with E-state index >= 15 is 0 Å². The zero-order chi connectivity index (χ0) is 13.9. The number of nitrogens with one attached hydrogen (secondary N) is 1. The van der Waals surface area contributed by atoms with Crippen LogP contribution in [-0.2, 0) is 12.8 Å². The van der Waals surface area contributed by atoms with Gasteiger partial charge in [-0.05, 0) is 55.0 Å². The Morgan fingerprint density at radius 1 is 1.15 bits per heavy atom. The number of hydrogen-bond acceptors (Lipinski definition) is 4. The first-order valence-electron chi connectivity index (χ1n) is 6.82. The van der Waals surface area contributed by atoms with Gasteiger partial charge < -0.3 is 11.1 Å². The van der Waals surface area contributed by atoms with Gasteiger partial charge in [-0.1, -0.05) is 12.1 Å². The standard InChI is InChI=1S/C16H16N4/c17-10-15-13(18)8-9-16(20-15)19-14-7-3-5-11-4-1-2-6-12(11)14/h3,5,7-9H,1-2,4,6,18H2,(H,19,20). The molecule has 0 amide bonds. The number of rotatable bonds is 2. The molecule has 2 aromatic rings. The number of fused-ring (bicyclic) bond motifs is 1. The Bertz CT molecular complexity index is 685. The molecule has 3 N–H and O–H groups in total. The van der Waals surface area contributed by atoms with Crippen LogP contribution in [0.1, 0.15) is 29.7 Å². The summed E-state index contributed by atoms with van der Waals surface area (Å²) in [5.74, 6) is 0.662. The molecular formula is C16H16N4. The number of nitrogens with two attached hydrogens (primary N) is 1. The number of aromatic nitrogens is 1. The molecular weight excluding hydrogens is 248 g/mol. The highest BCUT2D eigenvalue weighted by atomic mass is 15.0. The number of benzene rings is 1. The van der Waals surface area contributed by atoms with E-state index < -0.39 is 0 Å². The molecule has 0 unspecified atom stereocenters. The van der Waals surface area contributed by atoms with Gasteiger partial charge in [-0.2, -0.15) is 5.26 Å². The van der Waals surface area contributed by atoms with Crippen molar-refractivity contribution in [1.29, 1.82) is 5.26 Å². The van der Waals surface area contributed by atoms with E-state index in [1.807, 2.05) is 6.07 Å². The summed E-state index contributed by atoms with van der Waals surface area (Å²) >= 11 is 0. The van der Waals surface area contributed by atoms with Crippen molar-refractivity contribution in [2.45, 2.75) is 25.7 Å². The van der Waals surface area contributed by atoms with Gasteiger partial charge in [0.2, 0.25) is 0 Å². The smallest absolute Gasteiger partial charge is 0.165 e. The lowest BCUT2D eigenvalue weighted by atomic mass is 9.90. The third-order valence-corrected chi connectivity index (χ3v) is 3.69. The maximum atomic E-state index is 8.98. The summed E-state index contributed by atoms with van der Waals surface area (Å²) < 4.78 is 0. The molecule has 100 valence electrons. The normalized spacial score (nSPS) is 13.3. The molecule has 20 heavy (non-hydrogen) atoms. The summed E-state index contributed by atoms with van der Waals surface area (Å²) in [6.45, 7) is 0. The van der Waals surface area contributed by atoms with Crippen molar-refractivity contribution in [3.05, 3.63) is 47.2 Å². The summed E-state index contributed by atoms with van der Waals surface area (Å²) in [6, 6.07) is 11.8. The molecule has 4 nitrogen and oxygen atoms in total. The average Bonchev–Trinajstić information content (AvgIpc) is 2.49. The molecule has 1 aromatic heterocycles. The molecule has 0 aliphatic heterocycles. The molecule has 1 aliphatic rings. The van der Waals surface area contributed by atoms with E-state index in [-0.39, 0.29) is 5.69 Å². The van der Waals surface area contributed by atoms with Crippen LogP contribution in [0.3, 0.4) is 0 Å². The molecule has 0 bridgehead atoms. The lowest BCUT2D eigenvalue weighted by Crippen LogP contribution is -2.07. The van der Waals surface area contributed by atoms with Crippen LogP contribution in [0.15, 0.2) is 30.3 Å². The Labute approximate surface area is 118 Å². The summed E-state index contributed by atoms with van der Waals surface area (Å²) in [6.07, 6.45) is 4.72. The third kappa shape index (κ3) is 2.30. The summed E-state index contributed by atoms with van der Waals surface area (Å²) in [4.78, 5) is 4.24. The van der Waals surface area contributed by atoms with Crippen molar-refractivity contribution in [2.75, 3.05) is 11.1 Å². The van der Waals surface area contributed by atoms with Crippen molar-refractivity contribution < 1.29 is 0 Å². The van der Waals surface area contributed by atoms with Crippen molar-refractivity contribution in [1.82, 2.24) is 4.98 Å². The summed E-state index contributed by atoms with van der Waals surface area (Å²) in [5.41, 5.74) is 10.2. The molecule has 0 radical (unpaired) electrons. The monoisotopic (exact) mass is 264 g/mol. The summed E-state index contributed by atoms with van der Waals surface area (Å²) in [7, 11) is 0. The number of hydrogen-bond donors (Lipinski definition) is 2. The molecule has 0 saturated carbocycles. The van der Waals surface area contributed by atoms with Crippen LogP contribution in [0.5, 0.6) is 0 Å². The quantitative estimate of drug-likeness (QED) is 0.873. The fourth-order valence-electron chi connectivity index (χ4n) is 2.67. The fourth-order valence-corrected chi connectivity index (χ4v) is 2.67. The van der Waals surface area contributed by atoms with Crippen molar-refractivity contribution in [3.8, 4) is 6.07 Å². The number of nitrogen functional groups attached to an aromatic ring is 1. The van der Waals surface area contributed by atoms with Crippen LogP contribution >= 0.6 is 0 Å². The highest BCUT2D eigenvalue weighted by Crippen LogP contribution is 2.29. The van der Waals surface area contributed by atoms with E-state index in [4.69, 9.17) is 11.0 Å². The van der Waals surface area contributed by atoms with Crippen molar-refractivity contribution >= 4 is 17.2 Å². The molecule has 4 heteroatoms. The van der Waals surface area contributed by atoms with Gasteiger partial charge in [0.1, 0.15) is 11.9 Å². The van der Waals surface area contributed by atoms with Crippen molar-refractivity contribution in [3.63, 3.8) is 0 Å². The molecule has 0 saturated heterocycles. The molecule has 0 spiro atoms. The van der Waals surface area contributed by atoms with Gasteiger partial charge in [-0.3, -0.25) is 0 Å². The maximum Gasteiger partial charge on any atom is 0.165 e. The maximum absolute atomic E-state index is 8.98. The van der Waals surface area contributed by atoms with E-state index in [0.717, 1.165) is 18.5 Å². The zero-order valence-corrected chi connectivity index (χ0v) is 11.2. The Balaban J connectivity index is 1.94. The predicted octanol–water partition coefficient (Wildman–Crippen LogP) is 3.16. The minimum absolute atomic E-state index is 0.264. The number of pyridine rings is 1. The second-order valence-corrected chi connectivity index (χ2v) is 5.02. The van der Waals surface area contributed by atoms with Gasteiger partial charge in [-0.25, -0.2) is 4.98 Å². The number of nitrogens with zero attached hydrogens (tertiary/aromatic N) is 2. The fraction of sp³-hybridized carbons (Fsp3) is 0.250. The van der Waals surface area contributed by atoms with Gasteiger partial charge in [0, 0.05) is 5.69 Å². The largest absolute Gasteiger partial charge is 0.396 e. The van der Waals surface area contributed by atoms with Crippen LogP contribution in [0.25, 0.3) is 0 Å². The summed E-state index contributed by atoms with van der Waals surface area (Å²) in [5, 5.41) is 12.3. The minimum atomic E-state index is 0.264. The van der Waals surface area contributed by atoms with Crippen LogP contribution in [0.2, 0.25) is 0 Å². The van der Waals surface area contributed by atoms with Gasteiger partial charge in [0.05, 0.1) is 5.69 Å². The second kappa shape index (κ2) is 5.22. The molecule has 1 aliphatic carbocycles. The van der Waals surface area contributed by atoms with Gasteiger partial charge >= 0.3 is 0 Å². The molecule has 0 atom stereocenters. The van der Waals surface area contributed by atoms with E-state index in [1.54, 1.807) is 12.1 Å². The molecule has 1 heterocycles. The lowest BCUT2D eigenvalue weighted by Gasteiger charge is -2.20. The van der Waals surface area contributed by atoms with Gasteiger partial charge in [-0.15, -0.1) is 0 Å². The number of aryl methyl sites for hydroxylation is 1. The van der Waals surface area contributed by atoms with Crippen molar-refractivity contribution in [2.24, 2.45) is 0 Å². The SMILES string of the molecule is N#Cc1nc(Nc2cccc3c2CCCC3)ccc1N. The van der Waals surface area contributed by atoms with Crippen LogP contribution in [-0.4, -0.2) is 4.98 Å². The topological polar surface area (TPSA) is 74.7 Å². The lowest BCUT2D eigenvalue weighted by molar-refractivity contribution is 0.687. The van der Waals surface area contributed by atoms with E-state index in [1.165, 1.54) is 24.0 Å². The molecule has 3 rings (SSSR count). The Kier molecular flexibility index (Phi) is 3.26. The third-order valence-electron chi connectivity index (χ3n) is 3.69. The highest BCUT2D eigenvalue weighted by molar-refractivity contribution is 5.65. The number of nitriles is 1. The van der Waals surface area contributed by atoms with Gasteiger partial charge in [0.25, 0.3) is 0 Å². The van der Waals surface area contributed by atoms with Crippen LogP contribution in [0.4, 0.5) is 17.2 Å². The zero-order valence-electron chi connectivity index (χ0n) is 11.2. The van der Waals surface area contributed by atoms with E-state index in [2.05, 4.69) is 28.5 Å². The number of anilines is 3. The van der Waals surface area contributed by atoms with E-state index in [0.29, 0.717) is 11.5 Å². The van der Waals surface area contributed by atoms with Gasteiger partial charge in [0.15, 0.2) is 5.69 Å². The Morgan fingerprint density at radius 3 is 2.85 bits per heavy atom. The first-order valence-corrected chi connectivity index (χ1v) is 6.82. The van der Waals surface area contributed by atoms with Crippen LogP contribution < -0.4 is 11.1 Å². The Morgan fingerprint density at radius 2 is 2.00 bits per heavy atom. The average molecular weight is 264 g/mol. The van der Waals surface area contributed by atoms with E-state index in [9.17, 15) is 0 Å². The second-order valence-electron chi connectivity index (χ2n) is 5.02.